The Kier molecular flexibility index (Phi) is 5.86. The van der Waals surface area contributed by atoms with Crippen LogP contribution in [0.25, 0.3) is 0 Å². The molecule has 7 heteroatoms. The van der Waals surface area contributed by atoms with E-state index in [4.69, 9.17) is 5.11 Å². The van der Waals surface area contributed by atoms with E-state index in [0.29, 0.717) is 18.1 Å². The number of carbonyl (C=O) groups excluding carboxylic acids is 2. The summed E-state index contributed by atoms with van der Waals surface area (Å²) in [5.41, 5.74) is -0.116. The fourth-order valence-electron chi connectivity index (χ4n) is 1.87. The Balaban J connectivity index is 2.53. The van der Waals surface area contributed by atoms with Crippen molar-refractivity contribution in [2.75, 3.05) is 18.2 Å². The molecule has 20 heavy (non-hydrogen) atoms. The van der Waals surface area contributed by atoms with E-state index in [1.807, 2.05) is 20.8 Å². The molecule has 0 aliphatic carbocycles. The molecule has 0 spiro atoms. The van der Waals surface area contributed by atoms with Gasteiger partial charge in [-0.25, -0.2) is 0 Å². The smallest absolute Gasteiger partial charge is 0.305 e. The number of rotatable bonds is 5. The highest BCUT2D eigenvalue weighted by Gasteiger charge is 2.35. The minimum Gasteiger partial charge on any atom is -0.481 e. The number of carboxylic acid groups (broad SMARTS) is 1. The fourth-order valence-corrected chi connectivity index (χ4v) is 3.05. The number of nitrogens with one attached hydrogen (secondary N) is 1. The summed E-state index contributed by atoms with van der Waals surface area (Å²) in [5.74, 6) is -0.160. The molecule has 1 atom stereocenters. The highest BCUT2D eigenvalue weighted by molar-refractivity contribution is 7.99. The van der Waals surface area contributed by atoms with Gasteiger partial charge in [-0.1, -0.05) is 20.8 Å². The van der Waals surface area contributed by atoms with Crippen LogP contribution in [0, 0.1) is 5.41 Å². The standard InChI is InChI=1S/C13H22N2O4S/c1-13(2,3)6-10(16)15-8-20-7-9(15)12(19)14-5-4-11(17)18/h9H,4-8H2,1-3H3,(H,14,19)(H,17,18). The molecule has 114 valence electrons. The van der Waals surface area contributed by atoms with Gasteiger partial charge in [0.1, 0.15) is 6.04 Å². The molecule has 1 heterocycles. The van der Waals surface area contributed by atoms with Gasteiger partial charge in [-0.15, -0.1) is 11.8 Å². The number of carbonyl (C=O) groups is 3. The molecule has 0 saturated carbocycles. The van der Waals surface area contributed by atoms with Crippen molar-refractivity contribution in [3.63, 3.8) is 0 Å². The summed E-state index contributed by atoms with van der Waals surface area (Å²) in [4.78, 5) is 36.2. The number of hydrogen-bond donors (Lipinski definition) is 2. The zero-order chi connectivity index (χ0) is 15.3. The third kappa shape index (κ3) is 5.40. The van der Waals surface area contributed by atoms with Crippen LogP contribution in [0.15, 0.2) is 0 Å². The van der Waals surface area contributed by atoms with E-state index in [2.05, 4.69) is 5.32 Å². The van der Waals surface area contributed by atoms with Crippen LogP contribution in [-0.2, 0) is 14.4 Å². The van der Waals surface area contributed by atoms with Gasteiger partial charge in [0.2, 0.25) is 11.8 Å². The summed E-state index contributed by atoms with van der Waals surface area (Å²) in [5, 5.41) is 11.1. The third-order valence-electron chi connectivity index (χ3n) is 2.82. The van der Waals surface area contributed by atoms with E-state index in [1.165, 1.54) is 0 Å². The predicted molar refractivity (Wildman–Crippen MR) is 77.3 cm³/mol. The van der Waals surface area contributed by atoms with Gasteiger partial charge in [-0.2, -0.15) is 0 Å². The maximum atomic E-state index is 12.2. The summed E-state index contributed by atoms with van der Waals surface area (Å²) < 4.78 is 0. The van der Waals surface area contributed by atoms with Gasteiger partial charge < -0.3 is 15.3 Å². The number of amides is 2. The number of aliphatic carboxylic acids is 1. The lowest BCUT2D eigenvalue weighted by Gasteiger charge is -2.26. The molecule has 2 N–H and O–H groups in total. The van der Waals surface area contributed by atoms with E-state index < -0.39 is 12.0 Å². The van der Waals surface area contributed by atoms with Gasteiger partial charge in [0.15, 0.2) is 0 Å². The topological polar surface area (TPSA) is 86.7 Å². The average molecular weight is 302 g/mol. The molecule has 0 bridgehead atoms. The summed E-state index contributed by atoms with van der Waals surface area (Å²) in [7, 11) is 0. The van der Waals surface area contributed by atoms with Crippen molar-refractivity contribution in [3.8, 4) is 0 Å². The molecule has 0 aromatic carbocycles. The van der Waals surface area contributed by atoms with Crippen molar-refractivity contribution in [2.45, 2.75) is 39.7 Å². The first-order valence-corrected chi connectivity index (χ1v) is 7.73. The van der Waals surface area contributed by atoms with E-state index in [1.54, 1.807) is 16.7 Å². The largest absolute Gasteiger partial charge is 0.481 e. The van der Waals surface area contributed by atoms with Crippen molar-refractivity contribution >= 4 is 29.5 Å². The average Bonchev–Trinajstić information content (AvgIpc) is 2.74. The van der Waals surface area contributed by atoms with Gasteiger partial charge in [-0.3, -0.25) is 14.4 Å². The van der Waals surface area contributed by atoms with E-state index in [0.717, 1.165) is 0 Å². The molecular weight excluding hydrogens is 280 g/mol. The minimum atomic E-state index is -0.952. The summed E-state index contributed by atoms with van der Waals surface area (Å²) in [6.45, 7) is 6.04. The number of carboxylic acids is 1. The van der Waals surface area contributed by atoms with Gasteiger partial charge in [0.25, 0.3) is 0 Å². The van der Waals surface area contributed by atoms with Gasteiger partial charge in [-0.05, 0) is 5.41 Å². The number of hydrogen-bond acceptors (Lipinski definition) is 4. The quantitative estimate of drug-likeness (QED) is 0.788. The molecule has 1 unspecified atom stereocenters. The Morgan fingerprint density at radius 2 is 2.00 bits per heavy atom. The molecule has 1 fully saturated rings. The lowest BCUT2D eigenvalue weighted by Crippen LogP contribution is -2.48. The molecule has 1 aliphatic rings. The zero-order valence-electron chi connectivity index (χ0n) is 12.1. The van der Waals surface area contributed by atoms with E-state index >= 15 is 0 Å². The first-order valence-electron chi connectivity index (χ1n) is 6.57. The second-order valence-corrected chi connectivity index (χ2v) is 7.05. The Bertz CT molecular complexity index is 392. The summed E-state index contributed by atoms with van der Waals surface area (Å²) in [6, 6.07) is -0.483. The van der Waals surface area contributed by atoms with Gasteiger partial charge in [0, 0.05) is 18.7 Å². The molecule has 0 aromatic heterocycles. The molecule has 1 rings (SSSR count). The van der Waals surface area contributed by atoms with Crippen molar-refractivity contribution in [3.05, 3.63) is 0 Å². The Morgan fingerprint density at radius 3 is 2.55 bits per heavy atom. The predicted octanol–water partition coefficient (Wildman–Crippen LogP) is 0.915. The molecule has 2 amide bonds. The zero-order valence-corrected chi connectivity index (χ0v) is 13.0. The first kappa shape index (κ1) is 16.8. The van der Waals surface area contributed by atoms with E-state index in [-0.39, 0.29) is 30.2 Å². The second kappa shape index (κ2) is 6.97. The van der Waals surface area contributed by atoms with Crippen LogP contribution in [-0.4, -0.2) is 52.0 Å². The van der Waals surface area contributed by atoms with E-state index in [9.17, 15) is 14.4 Å². The van der Waals surface area contributed by atoms with Gasteiger partial charge >= 0.3 is 5.97 Å². The molecule has 0 radical (unpaired) electrons. The SMILES string of the molecule is CC(C)(C)CC(=O)N1CSCC1C(=O)NCCC(=O)O. The highest BCUT2D eigenvalue weighted by Crippen LogP contribution is 2.26. The van der Waals surface area contributed by atoms with Gasteiger partial charge in [0.05, 0.1) is 12.3 Å². The van der Waals surface area contributed by atoms with Crippen LogP contribution in [0.5, 0.6) is 0 Å². The Morgan fingerprint density at radius 1 is 1.35 bits per heavy atom. The van der Waals surface area contributed by atoms with Crippen LogP contribution in [0.1, 0.15) is 33.6 Å². The van der Waals surface area contributed by atoms with Crippen molar-refractivity contribution < 1.29 is 19.5 Å². The highest BCUT2D eigenvalue weighted by atomic mass is 32.2. The first-order chi connectivity index (χ1) is 9.20. The molecule has 1 aliphatic heterocycles. The number of thioether (sulfide) groups is 1. The monoisotopic (exact) mass is 302 g/mol. The summed E-state index contributed by atoms with van der Waals surface area (Å²) >= 11 is 1.54. The maximum absolute atomic E-state index is 12.2. The van der Waals surface area contributed by atoms with Crippen LogP contribution < -0.4 is 5.32 Å². The second-order valence-electron chi connectivity index (χ2n) is 6.05. The fraction of sp³-hybridized carbons (Fsp3) is 0.769. The van der Waals surface area contributed by atoms with Crippen LogP contribution in [0.3, 0.4) is 0 Å². The third-order valence-corrected chi connectivity index (χ3v) is 3.84. The van der Waals surface area contributed by atoms with Crippen molar-refractivity contribution in [2.24, 2.45) is 5.41 Å². The lowest BCUT2D eigenvalue weighted by molar-refractivity contribution is -0.140. The Labute approximate surface area is 123 Å². The van der Waals surface area contributed by atoms with Crippen molar-refractivity contribution in [1.29, 1.82) is 0 Å². The maximum Gasteiger partial charge on any atom is 0.305 e. The Hall–Kier alpha value is -1.24. The van der Waals surface area contributed by atoms with Crippen LogP contribution in [0.4, 0.5) is 0 Å². The van der Waals surface area contributed by atoms with Crippen LogP contribution >= 0.6 is 11.8 Å². The molecule has 1 saturated heterocycles. The number of nitrogens with zero attached hydrogens (tertiary/aromatic N) is 1. The normalized spacial score (nSPS) is 18.9. The molecule has 0 aromatic rings. The van der Waals surface area contributed by atoms with Crippen molar-refractivity contribution in [1.82, 2.24) is 10.2 Å². The lowest BCUT2D eigenvalue weighted by atomic mass is 9.91. The summed E-state index contributed by atoms with van der Waals surface area (Å²) in [6.07, 6.45) is 0.286. The van der Waals surface area contributed by atoms with Crippen LogP contribution in [0.2, 0.25) is 0 Å². The molecular formula is C13H22N2O4S. The molecule has 6 nitrogen and oxygen atoms in total. The minimum absolute atomic E-state index is 0.0270.